The van der Waals surface area contributed by atoms with Gasteiger partial charge in [-0.3, -0.25) is 4.79 Å². The van der Waals surface area contributed by atoms with Crippen LogP contribution in [0.1, 0.15) is 30.1 Å². The molecule has 6 heteroatoms. The zero-order valence-electron chi connectivity index (χ0n) is 14.0. The Morgan fingerprint density at radius 2 is 2.17 bits per heavy atom. The van der Waals surface area contributed by atoms with E-state index in [9.17, 15) is 4.79 Å². The Kier molecular flexibility index (Phi) is 4.57. The Hall–Kier alpha value is -2.34. The zero-order valence-corrected chi connectivity index (χ0v) is 14.8. The number of thiazole rings is 1. The zero-order chi connectivity index (χ0) is 17.2. The standard InChI is InChI=1S/C18H20N2O3S/c1-12-20-14(9-24-12)5-7-17(21)19-10-18(2,3)13-4-6-15-16(8-13)23-11-22-15/h4-9H,10-11H2,1-3H3,(H,19,21)/b7-5+. The number of aryl methyl sites for hydroxylation is 1. The molecule has 1 aliphatic rings. The van der Waals surface area contributed by atoms with Crippen LogP contribution in [-0.4, -0.2) is 24.2 Å². The van der Waals surface area contributed by atoms with E-state index in [-0.39, 0.29) is 18.1 Å². The minimum atomic E-state index is -0.221. The molecule has 1 aliphatic heterocycles. The highest BCUT2D eigenvalue weighted by Crippen LogP contribution is 2.36. The second-order valence-corrected chi connectivity index (χ2v) is 7.36. The second-order valence-electron chi connectivity index (χ2n) is 6.29. The Balaban J connectivity index is 1.60. The molecule has 1 aromatic heterocycles. The molecule has 0 unspecified atom stereocenters. The van der Waals surface area contributed by atoms with Gasteiger partial charge in [0.1, 0.15) is 0 Å². The number of benzene rings is 1. The number of carbonyl (C=O) groups excluding carboxylic acids is 1. The molecule has 126 valence electrons. The third-order valence-electron chi connectivity index (χ3n) is 3.90. The summed E-state index contributed by atoms with van der Waals surface area (Å²) in [7, 11) is 0. The molecule has 0 spiro atoms. The van der Waals surface area contributed by atoms with Gasteiger partial charge in [-0.25, -0.2) is 4.98 Å². The van der Waals surface area contributed by atoms with E-state index in [1.54, 1.807) is 17.4 Å². The van der Waals surface area contributed by atoms with Crippen molar-refractivity contribution < 1.29 is 14.3 Å². The van der Waals surface area contributed by atoms with E-state index in [0.717, 1.165) is 27.8 Å². The average molecular weight is 344 g/mol. The summed E-state index contributed by atoms with van der Waals surface area (Å²) >= 11 is 1.56. The number of fused-ring (bicyclic) bond motifs is 1. The Labute approximate surface area is 145 Å². The molecule has 1 aromatic carbocycles. The number of amides is 1. The van der Waals surface area contributed by atoms with E-state index in [1.165, 1.54) is 6.08 Å². The highest BCUT2D eigenvalue weighted by Gasteiger charge is 2.24. The van der Waals surface area contributed by atoms with Gasteiger partial charge in [0, 0.05) is 23.4 Å². The van der Waals surface area contributed by atoms with Gasteiger partial charge in [0.2, 0.25) is 12.7 Å². The SMILES string of the molecule is Cc1nc(/C=C/C(=O)NCC(C)(C)c2ccc3c(c2)OCO3)cs1. The summed E-state index contributed by atoms with van der Waals surface area (Å²) in [6, 6.07) is 5.89. The molecule has 1 amide bonds. The molecule has 0 saturated carbocycles. The summed E-state index contributed by atoms with van der Waals surface area (Å²) in [6.07, 6.45) is 3.25. The number of ether oxygens (including phenoxy) is 2. The van der Waals surface area contributed by atoms with Crippen molar-refractivity contribution in [3.05, 3.63) is 45.9 Å². The maximum Gasteiger partial charge on any atom is 0.244 e. The van der Waals surface area contributed by atoms with Crippen LogP contribution in [0.2, 0.25) is 0 Å². The predicted molar refractivity (Wildman–Crippen MR) is 94.5 cm³/mol. The van der Waals surface area contributed by atoms with Gasteiger partial charge in [0.05, 0.1) is 10.7 Å². The van der Waals surface area contributed by atoms with Gasteiger partial charge in [-0.1, -0.05) is 19.9 Å². The first-order valence-corrected chi connectivity index (χ1v) is 8.60. The minimum Gasteiger partial charge on any atom is -0.454 e. The second kappa shape index (κ2) is 6.65. The molecule has 0 radical (unpaired) electrons. The summed E-state index contributed by atoms with van der Waals surface area (Å²) in [4.78, 5) is 16.3. The van der Waals surface area contributed by atoms with Crippen LogP contribution in [0.5, 0.6) is 11.5 Å². The van der Waals surface area contributed by atoms with E-state index >= 15 is 0 Å². The molecular weight excluding hydrogens is 324 g/mol. The number of hydrogen-bond donors (Lipinski definition) is 1. The Morgan fingerprint density at radius 3 is 2.92 bits per heavy atom. The fourth-order valence-corrected chi connectivity index (χ4v) is 2.99. The van der Waals surface area contributed by atoms with E-state index in [4.69, 9.17) is 9.47 Å². The number of carbonyl (C=O) groups is 1. The largest absolute Gasteiger partial charge is 0.454 e. The topological polar surface area (TPSA) is 60.5 Å². The van der Waals surface area contributed by atoms with Crippen molar-refractivity contribution in [2.45, 2.75) is 26.2 Å². The summed E-state index contributed by atoms with van der Waals surface area (Å²) < 4.78 is 10.8. The van der Waals surface area contributed by atoms with Crippen LogP contribution in [0.4, 0.5) is 0 Å². The van der Waals surface area contributed by atoms with Crippen molar-refractivity contribution in [1.29, 1.82) is 0 Å². The normalized spacial score (nSPS) is 13.5. The molecule has 1 N–H and O–H groups in total. The van der Waals surface area contributed by atoms with Gasteiger partial charge in [0.25, 0.3) is 0 Å². The summed E-state index contributed by atoms with van der Waals surface area (Å²) in [5, 5.41) is 5.86. The maximum absolute atomic E-state index is 12.0. The molecule has 3 rings (SSSR count). The quantitative estimate of drug-likeness (QED) is 0.846. The van der Waals surface area contributed by atoms with Gasteiger partial charge in [-0.15, -0.1) is 11.3 Å². The highest BCUT2D eigenvalue weighted by molar-refractivity contribution is 7.09. The van der Waals surface area contributed by atoms with Crippen molar-refractivity contribution in [2.24, 2.45) is 0 Å². The summed E-state index contributed by atoms with van der Waals surface area (Å²) in [5.41, 5.74) is 1.68. The van der Waals surface area contributed by atoms with E-state index in [0.29, 0.717) is 6.54 Å². The van der Waals surface area contributed by atoms with E-state index < -0.39 is 0 Å². The van der Waals surface area contributed by atoms with Crippen molar-refractivity contribution in [3.8, 4) is 11.5 Å². The monoisotopic (exact) mass is 344 g/mol. The van der Waals surface area contributed by atoms with Crippen LogP contribution in [0.3, 0.4) is 0 Å². The van der Waals surface area contributed by atoms with Crippen LogP contribution in [-0.2, 0) is 10.2 Å². The number of rotatable bonds is 5. The molecule has 0 fully saturated rings. The molecule has 0 atom stereocenters. The third kappa shape index (κ3) is 3.76. The molecule has 2 aromatic rings. The van der Waals surface area contributed by atoms with Gasteiger partial charge in [0.15, 0.2) is 11.5 Å². The molecule has 0 saturated heterocycles. The maximum atomic E-state index is 12.0. The van der Waals surface area contributed by atoms with Crippen LogP contribution in [0.25, 0.3) is 6.08 Å². The molecular formula is C18H20N2O3S. The fraction of sp³-hybridized carbons (Fsp3) is 0.333. The van der Waals surface area contributed by atoms with E-state index in [1.807, 2.05) is 30.5 Å². The minimum absolute atomic E-state index is 0.130. The first-order valence-electron chi connectivity index (χ1n) is 7.72. The average Bonchev–Trinajstić information content (AvgIpc) is 3.18. The van der Waals surface area contributed by atoms with Gasteiger partial charge < -0.3 is 14.8 Å². The van der Waals surface area contributed by atoms with Crippen molar-refractivity contribution in [2.75, 3.05) is 13.3 Å². The number of nitrogens with one attached hydrogen (secondary N) is 1. The Morgan fingerprint density at radius 1 is 1.38 bits per heavy atom. The first kappa shape index (κ1) is 16.5. The van der Waals surface area contributed by atoms with E-state index in [2.05, 4.69) is 24.1 Å². The van der Waals surface area contributed by atoms with Gasteiger partial charge >= 0.3 is 0 Å². The lowest BCUT2D eigenvalue weighted by Gasteiger charge is -2.25. The predicted octanol–water partition coefficient (Wildman–Crippen LogP) is 3.29. The lowest BCUT2D eigenvalue weighted by atomic mass is 9.84. The van der Waals surface area contributed by atoms with Crippen molar-refractivity contribution in [1.82, 2.24) is 10.3 Å². The molecule has 24 heavy (non-hydrogen) atoms. The molecule has 2 heterocycles. The lowest BCUT2D eigenvalue weighted by Crippen LogP contribution is -2.35. The van der Waals surface area contributed by atoms with Gasteiger partial charge in [-0.2, -0.15) is 0 Å². The fourth-order valence-electron chi connectivity index (χ4n) is 2.40. The van der Waals surface area contributed by atoms with Crippen LogP contribution < -0.4 is 14.8 Å². The summed E-state index contributed by atoms with van der Waals surface area (Å²) in [5.74, 6) is 1.39. The van der Waals surface area contributed by atoms with Crippen molar-refractivity contribution >= 4 is 23.3 Å². The molecule has 0 bridgehead atoms. The van der Waals surface area contributed by atoms with Crippen LogP contribution in [0, 0.1) is 6.92 Å². The van der Waals surface area contributed by atoms with Gasteiger partial charge in [-0.05, 0) is 30.7 Å². The highest BCUT2D eigenvalue weighted by atomic mass is 32.1. The van der Waals surface area contributed by atoms with Crippen molar-refractivity contribution in [3.63, 3.8) is 0 Å². The molecule has 5 nitrogen and oxygen atoms in total. The lowest BCUT2D eigenvalue weighted by molar-refractivity contribution is -0.116. The first-order chi connectivity index (χ1) is 11.4. The number of hydrogen-bond acceptors (Lipinski definition) is 5. The number of nitrogens with zero attached hydrogens (tertiary/aromatic N) is 1. The van der Waals surface area contributed by atoms with Crippen LogP contribution >= 0.6 is 11.3 Å². The molecule has 0 aliphatic carbocycles. The Bertz CT molecular complexity index is 780. The smallest absolute Gasteiger partial charge is 0.244 e. The van der Waals surface area contributed by atoms with Crippen LogP contribution in [0.15, 0.2) is 29.7 Å². The third-order valence-corrected chi connectivity index (χ3v) is 4.69. The summed E-state index contributed by atoms with van der Waals surface area (Å²) in [6.45, 7) is 6.88. The number of aromatic nitrogens is 1.